The molecule has 4 rings (SSSR count). The van der Waals surface area contributed by atoms with Gasteiger partial charge in [0.1, 0.15) is 5.56 Å². The zero-order chi connectivity index (χ0) is 22.7. The number of methoxy groups -OCH3 is 1. The molecule has 1 fully saturated rings. The maximum absolute atomic E-state index is 13.8. The van der Waals surface area contributed by atoms with Crippen LogP contribution in [-0.2, 0) is 10.9 Å². The van der Waals surface area contributed by atoms with E-state index >= 15 is 0 Å². The van der Waals surface area contributed by atoms with Gasteiger partial charge in [0, 0.05) is 54.6 Å². The van der Waals surface area contributed by atoms with Gasteiger partial charge in [0.2, 0.25) is 5.95 Å². The lowest BCUT2D eigenvalue weighted by Crippen LogP contribution is -2.41. The molecule has 2 atom stereocenters. The van der Waals surface area contributed by atoms with E-state index in [0.717, 1.165) is 25.5 Å². The molecule has 168 valence electrons. The zero-order valence-electron chi connectivity index (χ0n) is 17.5. The molecular formula is C22H23F3N6O. The average Bonchev–Trinajstić information content (AvgIpc) is 3.39. The van der Waals surface area contributed by atoms with Crippen molar-refractivity contribution in [1.29, 1.82) is 5.26 Å². The van der Waals surface area contributed by atoms with Crippen LogP contribution in [-0.4, -0.2) is 47.3 Å². The first-order chi connectivity index (χ1) is 15.4. The molecule has 32 heavy (non-hydrogen) atoms. The van der Waals surface area contributed by atoms with E-state index in [4.69, 9.17) is 10.00 Å². The van der Waals surface area contributed by atoms with Crippen LogP contribution in [0.2, 0.25) is 0 Å². The van der Waals surface area contributed by atoms with Gasteiger partial charge in [-0.15, -0.1) is 0 Å². The number of H-pyrrole nitrogens is 1. The van der Waals surface area contributed by atoms with Crippen LogP contribution in [0.15, 0.2) is 30.6 Å². The number of benzene rings is 1. The van der Waals surface area contributed by atoms with Gasteiger partial charge in [-0.2, -0.15) is 18.4 Å². The van der Waals surface area contributed by atoms with Gasteiger partial charge in [-0.25, -0.2) is 9.97 Å². The van der Waals surface area contributed by atoms with E-state index in [0.29, 0.717) is 35.2 Å². The number of hydrogen-bond acceptors (Lipinski definition) is 6. The molecule has 10 heteroatoms. The van der Waals surface area contributed by atoms with Crippen molar-refractivity contribution in [2.75, 3.05) is 25.6 Å². The third-order valence-corrected chi connectivity index (χ3v) is 5.70. The quantitative estimate of drug-likeness (QED) is 0.475. The van der Waals surface area contributed by atoms with Crippen molar-refractivity contribution in [3.8, 4) is 17.3 Å². The molecule has 3 aromatic rings. The number of aromatic nitrogens is 3. The first-order valence-corrected chi connectivity index (χ1v) is 10.4. The van der Waals surface area contributed by atoms with E-state index in [1.807, 2.05) is 6.07 Å². The number of aromatic amines is 1. The fraction of sp³-hybridized carbons (Fsp3) is 0.409. The Morgan fingerprint density at radius 2 is 2.09 bits per heavy atom. The molecule has 0 radical (unpaired) electrons. The SMILES string of the molecule is COCCN[C@H]1CCC[C@@H]1Nc1ncc(C(F)(F)F)c(-c2c[nH]c3cc(C#N)ccc23)n1. The van der Waals surface area contributed by atoms with Crippen LogP contribution in [0.4, 0.5) is 19.1 Å². The number of rotatable bonds is 7. The molecule has 3 N–H and O–H groups in total. The third-order valence-electron chi connectivity index (χ3n) is 5.70. The number of nitriles is 1. The molecule has 0 amide bonds. The third kappa shape index (κ3) is 4.54. The van der Waals surface area contributed by atoms with Gasteiger partial charge in [0.05, 0.1) is 23.9 Å². The van der Waals surface area contributed by atoms with Crippen molar-refractivity contribution in [2.24, 2.45) is 0 Å². The number of halogens is 3. The number of alkyl halides is 3. The standard InChI is InChI=1S/C22H23F3N6O/c1-32-8-7-27-17-3-2-4-18(17)30-21-29-12-16(22(23,24)25)20(31-21)15-11-28-19-9-13(10-26)5-6-14(15)19/h5-6,9,11-12,17-18,27-28H,2-4,7-8H2,1H3,(H,29,30,31)/t17-,18-/m0/s1. The van der Waals surface area contributed by atoms with E-state index in [1.54, 1.807) is 25.3 Å². The van der Waals surface area contributed by atoms with Crippen LogP contribution in [0, 0.1) is 11.3 Å². The molecule has 0 unspecified atom stereocenters. The highest BCUT2D eigenvalue weighted by Gasteiger charge is 2.36. The molecule has 1 aliphatic rings. The van der Waals surface area contributed by atoms with Crippen LogP contribution in [0.3, 0.4) is 0 Å². The van der Waals surface area contributed by atoms with Gasteiger partial charge in [-0.3, -0.25) is 0 Å². The predicted molar refractivity (Wildman–Crippen MR) is 114 cm³/mol. The summed E-state index contributed by atoms with van der Waals surface area (Å²) in [6, 6.07) is 7.00. The Morgan fingerprint density at radius 1 is 1.28 bits per heavy atom. The highest BCUT2D eigenvalue weighted by Crippen LogP contribution is 2.39. The summed E-state index contributed by atoms with van der Waals surface area (Å²) >= 11 is 0. The molecule has 2 heterocycles. The normalized spacial score (nSPS) is 18.7. The van der Waals surface area contributed by atoms with E-state index < -0.39 is 11.7 Å². The molecular weight excluding hydrogens is 421 g/mol. The molecule has 0 spiro atoms. The average molecular weight is 444 g/mol. The highest BCUT2D eigenvalue weighted by atomic mass is 19.4. The summed E-state index contributed by atoms with van der Waals surface area (Å²) in [7, 11) is 1.63. The van der Waals surface area contributed by atoms with Crippen LogP contribution in [0.1, 0.15) is 30.4 Å². The number of nitrogens with zero attached hydrogens (tertiary/aromatic N) is 3. The van der Waals surface area contributed by atoms with Crippen LogP contribution in [0.5, 0.6) is 0 Å². The summed E-state index contributed by atoms with van der Waals surface area (Å²) in [6.45, 7) is 1.27. The molecule has 1 aromatic carbocycles. The summed E-state index contributed by atoms with van der Waals surface area (Å²) in [5, 5.41) is 16.3. The van der Waals surface area contributed by atoms with E-state index in [1.165, 1.54) is 6.20 Å². The van der Waals surface area contributed by atoms with Crippen LogP contribution >= 0.6 is 0 Å². The number of ether oxygens (including phenoxy) is 1. The Balaban J connectivity index is 1.68. The highest BCUT2D eigenvalue weighted by molar-refractivity contribution is 5.96. The second-order valence-corrected chi connectivity index (χ2v) is 7.76. The summed E-state index contributed by atoms with van der Waals surface area (Å²) in [4.78, 5) is 11.2. The van der Waals surface area contributed by atoms with Gasteiger partial charge in [0.25, 0.3) is 0 Å². The lowest BCUT2D eigenvalue weighted by atomic mass is 10.0. The summed E-state index contributed by atoms with van der Waals surface area (Å²) in [5.74, 6) is 0.154. The molecule has 0 saturated heterocycles. The van der Waals surface area contributed by atoms with E-state index in [2.05, 4.69) is 25.6 Å². The number of fused-ring (bicyclic) bond motifs is 1. The Kier molecular flexibility index (Phi) is 6.30. The number of hydrogen-bond donors (Lipinski definition) is 3. The van der Waals surface area contributed by atoms with Crippen molar-refractivity contribution in [1.82, 2.24) is 20.3 Å². The number of nitrogens with one attached hydrogen (secondary N) is 3. The van der Waals surface area contributed by atoms with Crippen molar-refractivity contribution < 1.29 is 17.9 Å². The van der Waals surface area contributed by atoms with Crippen molar-refractivity contribution in [2.45, 2.75) is 37.5 Å². The fourth-order valence-electron chi connectivity index (χ4n) is 4.15. The second-order valence-electron chi connectivity index (χ2n) is 7.76. The Bertz CT molecular complexity index is 1140. The topological polar surface area (TPSA) is 98.6 Å². The molecule has 0 bridgehead atoms. The molecule has 0 aliphatic heterocycles. The smallest absolute Gasteiger partial charge is 0.383 e. The first kappa shape index (κ1) is 22.0. The minimum atomic E-state index is -4.61. The number of anilines is 1. The van der Waals surface area contributed by atoms with Crippen molar-refractivity contribution in [3.63, 3.8) is 0 Å². The Hall–Kier alpha value is -3.16. The summed E-state index contributed by atoms with van der Waals surface area (Å²) in [6.07, 6.45) is 0.529. The van der Waals surface area contributed by atoms with Crippen molar-refractivity contribution >= 4 is 16.9 Å². The second kappa shape index (κ2) is 9.14. The maximum atomic E-state index is 13.8. The summed E-state index contributed by atoms with van der Waals surface area (Å²) < 4.78 is 46.3. The lowest BCUT2D eigenvalue weighted by Gasteiger charge is -2.23. The molecule has 2 aromatic heterocycles. The van der Waals surface area contributed by atoms with E-state index in [9.17, 15) is 13.2 Å². The fourth-order valence-corrected chi connectivity index (χ4v) is 4.15. The van der Waals surface area contributed by atoms with Gasteiger partial charge >= 0.3 is 6.18 Å². The van der Waals surface area contributed by atoms with Gasteiger partial charge in [0.15, 0.2) is 0 Å². The summed E-state index contributed by atoms with van der Waals surface area (Å²) in [5.41, 5.74) is 0.185. The Labute approximate surface area is 183 Å². The largest absolute Gasteiger partial charge is 0.419 e. The van der Waals surface area contributed by atoms with Crippen LogP contribution < -0.4 is 10.6 Å². The zero-order valence-corrected chi connectivity index (χ0v) is 17.5. The monoisotopic (exact) mass is 444 g/mol. The van der Waals surface area contributed by atoms with Gasteiger partial charge in [-0.05, 0) is 31.4 Å². The molecule has 1 aliphatic carbocycles. The lowest BCUT2D eigenvalue weighted by molar-refractivity contribution is -0.137. The molecule has 7 nitrogen and oxygen atoms in total. The first-order valence-electron chi connectivity index (χ1n) is 10.4. The minimum Gasteiger partial charge on any atom is -0.383 e. The minimum absolute atomic E-state index is 0.0117. The van der Waals surface area contributed by atoms with Gasteiger partial charge in [-0.1, -0.05) is 6.07 Å². The van der Waals surface area contributed by atoms with Crippen molar-refractivity contribution in [3.05, 3.63) is 41.7 Å². The predicted octanol–water partition coefficient (Wildman–Crippen LogP) is 4.08. The maximum Gasteiger partial charge on any atom is 0.419 e. The van der Waals surface area contributed by atoms with Crippen LogP contribution in [0.25, 0.3) is 22.2 Å². The van der Waals surface area contributed by atoms with E-state index in [-0.39, 0.29) is 23.7 Å². The van der Waals surface area contributed by atoms with Gasteiger partial charge < -0.3 is 20.4 Å². The molecule has 1 saturated carbocycles. The Morgan fingerprint density at radius 3 is 2.84 bits per heavy atom.